The first-order chi connectivity index (χ1) is 16.5. The van der Waals surface area contributed by atoms with E-state index in [1.165, 1.54) is 5.69 Å². The lowest BCUT2D eigenvalue weighted by Crippen LogP contribution is -2.44. The van der Waals surface area contributed by atoms with E-state index in [2.05, 4.69) is 53.4 Å². The second-order valence-corrected chi connectivity index (χ2v) is 8.82. The monoisotopic (exact) mass is 465 g/mol. The maximum Gasteiger partial charge on any atom is 0.337 e. The van der Waals surface area contributed by atoms with Gasteiger partial charge < -0.3 is 24.6 Å². The number of piperazine rings is 1. The van der Waals surface area contributed by atoms with Gasteiger partial charge in [-0.25, -0.2) is 9.80 Å². The van der Waals surface area contributed by atoms with Crippen molar-refractivity contribution < 1.29 is 14.3 Å². The molecule has 2 heterocycles. The van der Waals surface area contributed by atoms with Crippen LogP contribution in [0, 0.1) is 0 Å². The molecule has 2 aromatic rings. The summed E-state index contributed by atoms with van der Waals surface area (Å²) < 4.78 is 11.2. The summed E-state index contributed by atoms with van der Waals surface area (Å²) in [6.45, 7) is 6.22. The number of urea groups is 1. The van der Waals surface area contributed by atoms with Gasteiger partial charge in [0, 0.05) is 50.0 Å². The number of amides is 2. The van der Waals surface area contributed by atoms with Crippen LogP contribution in [-0.2, 0) is 6.42 Å². The Kier molecular flexibility index (Phi) is 7.26. The number of likely N-dealkylation sites (N-methyl/N-ethyl adjacent to an activating group) is 1. The van der Waals surface area contributed by atoms with Crippen molar-refractivity contribution in [2.45, 2.75) is 25.8 Å². The molecule has 1 fully saturated rings. The average Bonchev–Trinajstić information content (AvgIpc) is 3.04. The van der Waals surface area contributed by atoms with Crippen LogP contribution in [0.3, 0.4) is 0 Å². The van der Waals surface area contributed by atoms with E-state index in [0.717, 1.165) is 55.0 Å². The van der Waals surface area contributed by atoms with Crippen LogP contribution in [0.15, 0.2) is 41.5 Å². The topological polar surface area (TPSA) is 69.6 Å². The van der Waals surface area contributed by atoms with Gasteiger partial charge in [0.1, 0.15) is 0 Å². The Morgan fingerprint density at radius 2 is 1.71 bits per heavy atom. The molecule has 0 bridgehead atoms. The lowest BCUT2D eigenvalue weighted by Gasteiger charge is -2.34. The minimum absolute atomic E-state index is 0.0705. The zero-order valence-electron chi connectivity index (χ0n) is 20.8. The molecule has 4 rings (SSSR count). The molecule has 1 atom stereocenters. The molecule has 0 radical (unpaired) electrons. The first-order valence-electron chi connectivity index (χ1n) is 11.9. The molecule has 1 saturated heterocycles. The molecule has 0 aromatic heterocycles. The number of carbonyl (C=O) groups excluding carboxylic acids is 1. The van der Waals surface area contributed by atoms with Crippen LogP contribution < -0.4 is 19.7 Å². The molecule has 0 spiro atoms. The number of nitrogens with zero attached hydrogens (tertiary/aromatic N) is 4. The number of ether oxygens (including phenoxy) is 2. The Balaban J connectivity index is 1.79. The Bertz CT molecular complexity index is 1050. The highest BCUT2D eigenvalue weighted by Gasteiger charge is 2.30. The minimum atomic E-state index is -0.217. The highest BCUT2D eigenvalue weighted by molar-refractivity contribution is 6.14. The predicted octanol–water partition coefficient (Wildman–Crippen LogP) is 3.18. The van der Waals surface area contributed by atoms with Crippen molar-refractivity contribution in [3.63, 3.8) is 0 Å². The van der Waals surface area contributed by atoms with E-state index in [9.17, 15) is 4.79 Å². The number of hydrogen-bond acceptors (Lipinski definition) is 6. The first-order valence-corrected chi connectivity index (χ1v) is 11.9. The van der Waals surface area contributed by atoms with Gasteiger partial charge >= 0.3 is 6.03 Å². The third-order valence-electron chi connectivity index (χ3n) is 6.78. The van der Waals surface area contributed by atoms with Gasteiger partial charge in [-0.05, 0) is 49.7 Å². The van der Waals surface area contributed by atoms with Crippen molar-refractivity contribution in [3.05, 3.63) is 53.1 Å². The van der Waals surface area contributed by atoms with Crippen LogP contribution >= 0.6 is 0 Å². The average molecular weight is 466 g/mol. The largest absolute Gasteiger partial charge is 0.493 e. The highest BCUT2D eigenvalue weighted by Crippen LogP contribution is 2.35. The van der Waals surface area contributed by atoms with E-state index in [1.807, 2.05) is 12.1 Å². The molecule has 2 aromatic carbocycles. The predicted molar refractivity (Wildman–Crippen MR) is 135 cm³/mol. The SMILES string of the molecule is CCC1Cc2cc(OC)c(OC)cc2C(c2ccc(N3CCN(C)CC3)cc2)=NN1C(=O)NC. The van der Waals surface area contributed by atoms with Crippen LogP contribution in [-0.4, -0.2) is 82.2 Å². The number of hydrazone groups is 1. The summed E-state index contributed by atoms with van der Waals surface area (Å²) in [6.07, 6.45) is 1.45. The van der Waals surface area contributed by atoms with Gasteiger partial charge in [0.25, 0.3) is 0 Å². The molecule has 2 aliphatic heterocycles. The van der Waals surface area contributed by atoms with E-state index >= 15 is 0 Å². The standard InChI is InChI=1S/C26H35N5O3/c1-6-20-15-19-16-23(33-4)24(34-5)17-22(19)25(28-31(20)26(32)27-2)18-7-9-21(10-8-18)30-13-11-29(3)12-14-30/h7-10,16-17,20H,6,11-15H2,1-5H3,(H,27,32). The molecule has 8 heteroatoms. The van der Waals surface area contributed by atoms with Crippen LogP contribution in [0.5, 0.6) is 11.5 Å². The summed E-state index contributed by atoms with van der Waals surface area (Å²) in [5, 5.41) is 9.25. The Hall–Kier alpha value is -3.26. The van der Waals surface area contributed by atoms with Gasteiger partial charge in [0.2, 0.25) is 0 Å². The molecule has 1 N–H and O–H groups in total. The summed E-state index contributed by atoms with van der Waals surface area (Å²) in [7, 11) is 7.07. The van der Waals surface area contributed by atoms with E-state index < -0.39 is 0 Å². The quantitative estimate of drug-likeness (QED) is 0.735. The van der Waals surface area contributed by atoms with Gasteiger partial charge in [-0.2, -0.15) is 5.10 Å². The van der Waals surface area contributed by atoms with Gasteiger partial charge in [-0.15, -0.1) is 0 Å². The minimum Gasteiger partial charge on any atom is -0.493 e. The summed E-state index contributed by atoms with van der Waals surface area (Å²) >= 11 is 0. The fourth-order valence-electron chi connectivity index (χ4n) is 4.65. The van der Waals surface area contributed by atoms with Gasteiger partial charge in [-0.1, -0.05) is 19.1 Å². The van der Waals surface area contributed by atoms with Gasteiger partial charge in [0.05, 0.1) is 26.0 Å². The van der Waals surface area contributed by atoms with Crippen LogP contribution in [0.4, 0.5) is 10.5 Å². The zero-order chi connectivity index (χ0) is 24.2. The fraction of sp³-hybridized carbons (Fsp3) is 0.462. The second kappa shape index (κ2) is 10.3. The van der Waals surface area contributed by atoms with Gasteiger partial charge in [0.15, 0.2) is 11.5 Å². The molecule has 2 amide bonds. The smallest absolute Gasteiger partial charge is 0.337 e. The van der Waals surface area contributed by atoms with Crippen molar-refractivity contribution in [1.29, 1.82) is 0 Å². The molecule has 34 heavy (non-hydrogen) atoms. The lowest BCUT2D eigenvalue weighted by molar-refractivity contribution is 0.177. The maximum atomic E-state index is 12.8. The summed E-state index contributed by atoms with van der Waals surface area (Å²) in [5.74, 6) is 1.32. The van der Waals surface area contributed by atoms with Crippen LogP contribution in [0.25, 0.3) is 0 Å². The Morgan fingerprint density at radius 1 is 1.06 bits per heavy atom. The van der Waals surface area contributed by atoms with E-state index in [4.69, 9.17) is 14.6 Å². The summed E-state index contributed by atoms with van der Waals surface area (Å²) in [4.78, 5) is 17.6. The normalized spacial score (nSPS) is 18.6. The van der Waals surface area contributed by atoms with Gasteiger partial charge in [-0.3, -0.25) is 0 Å². The number of nitrogens with one attached hydrogen (secondary N) is 1. The molecule has 2 aliphatic rings. The van der Waals surface area contributed by atoms with Crippen LogP contribution in [0.2, 0.25) is 0 Å². The number of rotatable bonds is 5. The van der Waals surface area contributed by atoms with Crippen molar-refractivity contribution >= 4 is 17.4 Å². The molecular weight excluding hydrogens is 430 g/mol. The molecule has 1 unspecified atom stereocenters. The number of fused-ring (bicyclic) bond motifs is 1. The van der Waals surface area contributed by atoms with E-state index in [0.29, 0.717) is 17.9 Å². The van der Waals surface area contributed by atoms with Crippen molar-refractivity contribution in [3.8, 4) is 11.5 Å². The Labute approximate surface area is 202 Å². The molecule has 182 valence electrons. The number of hydrogen-bond donors (Lipinski definition) is 1. The number of methoxy groups -OCH3 is 2. The lowest BCUT2D eigenvalue weighted by atomic mass is 9.93. The Morgan fingerprint density at radius 3 is 2.29 bits per heavy atom. The maximum absolute atomic E-state index is 12.8. The molecular formula is C26H35N5O3. The highest BCUT2D eigenvalue weighted by atomic mass is 16.5. The summed E-state index contributed by atoms with van der Waals surface area (Å²) in [6, 6.07) is 12.2. The second-order valence-electron chi connectivity index (χ2n) is 8.82. The number of benzene rings is 2. The van der Waals surface area contributed by atoms with E-state index in [1.54, 1.807) is 26.3 Å². The number of anilines is 1. The van der Waals surface area contributed by atoms with Crippen molar-refractivity contribution in [2.24, 2.45) is 5.10 Å². The fourth-order valence-corrected chi connectivity index (χ4v) is 4.65. The van der Waals surface area contributed by atoms with Crippen molar-refractivity contribution in [2.75, 3.05) is 59.4 Å². The zero-order valence-corrected chi connectivity index (χ0v) is 20.8. The van der Waals surface area contributed by atoms with Crippen LogP contribution in [0.1, 0.15) is 30.0 Å². The molecule has 0 saturated carbocycles. The third-order valence-corrected chi connectivity index (χ3v) is 6.78. The molecule has 0 aliphatic carbocycles. The van der Waals surface area contributed by atoms with Crippen molar-refractivity contribution in [1.82, 2.24) is 15.2 Å². The summed E-state index contributed by atoms with van der Waals surface area (Å²) in [5.41, 5.74) is 4.94. The first kappa shape index (κ1) is 23.9. The van der Waals surface area contributed by atoms with E-state index in [-0.39, 0.29) is 12.1 Å². The number of carbonyl (C=O) groups is 1. The molecule has 8 nitrogen and oxygen atoms in total. The third kappa shape index (κ3) is 4.68.